The molecule has 0 aliphatic rings. The van der Waals surface area contributed by atoms with Gasteiger partial charge in [0.2, 0.25) is 0 Å². The van der Waals surface area contributed by atoms with Gasteiger partial charge in [-0.15, -0.1) is 0 Å². The number of hydrogen-bond acceptors (Lipinski definition) is 4. The van der Waals surface area contributed by atoms with Crippen molar-refractivity contribution >= 4 is 11.4 Å². The van der Waals surface area contributed by atoms with E-state index in [1.165, 1.54) is 18.2 Å². The minimum absolute atomic E-state index is 0.0397. The van der Waals surface area contributed by atoms with Gasteiger partial charge in [-0.1, -0.05) is 18.2 Å². The highest BCUT2D eigenvalue weighted by Gasteiger charge is 2.13. The predicted molar refractivity (Wildman–Crippen MR) is 73.4 cm³/mol. The van der Waals surface area contributed by atoms with Gasteiger partial charge in [0.05, 0.1) is 4.92 Å². The van der Waals surface area contributed by atoms with Crippen LogP contribution in [0.2, 0.25) is 0 Å². The van der Waals surface area contributed by atoms with E-state index in [0.717, 1.165) is 0 Å². The number of ether oxygens (including phenoxy) is 1. The maximum atomic E-state index is 13.4. The first-order chi connectivity index (χ1) is 9.61. The molecule has 0 amide bonds. The Bertz CT molecular complexity index is 632. The number of nitro benzene ring substituents is 1. The van der Waals surface area contributed by atoms with E-state index in [0.29, 0.717) is 11.3 Å². The van der Waals surface area contributed by atoms with Crippen LogP contribution < -0.4 is 10.1 Å². The summed E-state index contributed by atoms with van der Waals surface area (Å²) in [5.41, 5.74) is 0.978. The highest BCUT2D eigenvalue weighted by Crippen LogP contribution is 2.26. The van der Waals surface area contributed by atoms with Crippen LogP contribution >= 0.6 is 0 Å². The molecule has 0 aliphatic carbocycles. The smallest absolute Gasteiger partial charge is 0.292 e. The normalized spacial score (nSPS) is 10.1. The zero-order valence-electron chi connectivity index (χ0n) is 10.8. The monoisotopic (exact) mass is 276 g/mol. The molecule has 2 rings (SSSR count). The van der Waals surface area contributed by atoms with Crippen LogP contribution in [0.15, 0.2) is 42.5 Å². The molecule has 6 heteroatoms. The lowest BCUT2D eigenvalue weighted by atomic mass is 10.2. The van der Waals surface area contributed by atoms with Crippen molar-refractivity contribution < 1.29 is 14.1 Å². The van der Waals surface area contributed by atoms with Crippen LogP contribution in [0.4, 0.5) is 15.8 Å². The Balaban J connectivity index is 2.16. The molecule has 0 atom stereocenters. The second kappa shape index (κ2) is 6.01. The molecular formula is C14H13FN2O3. The van der Waals surface area contributed by atoms with Crippen LogP contribution in [-0.4, -0.2) is 12.0 Å². The molecule has 0 heterocycles. The van der Waals surface area contributed by atoms with Crippen molar-refractivity contribution in [2.75, 3.05) is 12.4 Å². The molecule has 5 nitrogen and oxygen atoms in total. The van der Waals surface area contributed by atoms with Crippen molar-refractivity contribution in [3.8, 4) is 5.75 Å². The third-order valence-electron chi connectivity index (χ3n) is 2.76. The number of nitro groups is 1. The molecule has 1 N–H and O–H groups in total. The van der Waals surface area contributed by atoms with Crippen molar-refractivity contribution in [1.82, 2.24) is 0 Å². The van der Waals surface area contributed by atoms with E-state index in [9.17, 15) is 14.5 Å². The summed E-state index contributed by atoms with van der Waals surface area (Å²) in [5, 5.41) is 13.7. The minimum Gasteiger partial charge on any atom is -0.486 e. The summed E-state index contributed by atoms with van der Waals surface area (Å²) in [6.07, 6.45) is 0. The molecule has 0 saturated heterocycles. The maximum Gasteiger partial charge on any atom is 0.292 e. The first-order valence-electron chi connectivity index (χ1n) is 5.94. The van der Waals surface area contributed by atoms with Crippen molar-refractivity contribution in [2.45, 2.75) is 6.61 Å². The average Bonchev–Trinajstić information content (AvgIpc) is 2.46. The molecular weight excluding hydrogens is 263 g/mol. The average molecular weight is 276 g/mol. The van der Waals surface area contributed by atoms with Gasteiger partial charge in [0, 0.05) is 13.1 Å². The molecule has 2 aromatic carbocycles. The number of hydrogen-bond donors (Lipinski definition) is 1. The fourth-order valence-electron chi connectivity index (χ4n) is 1.75. The largest absolute Gasteiger partial charge is 0.486 e. The van der Waals surface area contributed by atoms with Gasteiger partial charge in [-0.25, -0.2) is 4.39 Å². The third-order valence-corrected chi connectivity index (χ3v) is 2.76. The van der Waals surface area contributed by atoms with E-state index >= 15 is 0 Å². The van der Waals surface area contributed by atoms with Crippen molar-refractivity contribution in [2.24, 2.45) is 0 Å². The van der Waals surface area contributed by atoms with Crippen molar-refractivity contribution in [3.05, 3.63) is 64.0 Å². The number of nitrogens with one attached hydrogen (secondary N) is 1. The van der Waals surface area contributed by atoms with Crippen LogP contribution in [0.5, 0.6) is 5.75 Å². The minimum atomic E-state index is -0.474. The lowest BCUT2D eigenvalue weighted by Crippen LogP contribution is -2.01. The number of para-hydroxylation sites is 1. The summed E-state index contributed by atoms with van der Waals surface area (Å²) >= 11 is 0. The van der Waals surface area contributed by atoms with Gasteiger partial charge >= 0.3 is 0 Å². The molecule has 0 bridgehead atoms. The van der Waals surface area contributed by atoms with Gasteiger partial charge in [0.15, 0.2) is 11.6 Å². The quantitative estimate of drug-likeness (QED) is 0.671. The Morgan fingerprint density at radius 2 is 2.05 bits per heavy atom. The first-order valence-corrected chi connectivity index (χ1v) is 5.94. The standard InChI is InChI=1S/C14H13FN2O3/c1-16-12-7-6-10(8-13(12)17(18)19)9-20-14-5-3-2-4-11(14)15/h2-8,16H,9H2,1H3. The van der Waals surface area contributed by atoms with Crippen molar-refractivity contribution in [3.63, 3.8) is 0 Å². The molecule has 0 aliphatic heterocycles. The van der Waals surface area contributed by atoms with Crippen LogP contribution in [0.25, 0.3) is 0 Å². The van der Waals surface area contributed by atoms with Crippen molar-refractivity contribution in [1.29, 1.82) is 0 Å². The highest BCUT2D eigenvalue weighted by molar-refractivity contribution is 5.62. The van der Waals surface area contributed by atoms with Crippen LogP contribution in [0.3, 0.4) is 0 Å². The predicted octanol–water partition coefficient (Wildman–Crippen LogP) is 3.35. The van der Waals surface area contributed by atoms with Gasteiger partial charge in [-0.2, -0.15) is 0 Å². The van der Waals surface area contributed by atoms with Gasteiger partial charge in [0.1, 0.15) is 12.3 Å². The number of nitrogens with zero attached hydrogens (tertiary/aromatic N) is 1. The van der Waals surface area contributed by atoms with E-state index < -0.39 is 10.7 Å². The molecule has 20 heavy (non-hydrogen) atoms. The van der Waals surface area contributed by atoms with E-state index in [1.807, 2.05) is 0 Å². The Labute approximate surface area is 115 Å². The van der Waals surface area contributed by atoms with Gasteiger partial charge in [-0.05, 0) is 23.8 Å². The Kier molecular flexibility index (Phi) is 4.14. The molecule has 0 fully saturated rings. The number of rotatable bonds is 5. The summed E-state index contributed by atoms with van der Waals surface area (Å²) in [6.45, 7) is 0.0613. The zero-order chi connectivity index (χ0) is 14.5. The lowest BCUT2D eigenvalue weighted by Gasteiger charge is -2.08. The van der Waals surface area contributed by atoms with E-state index in [2.05, 4.69) is 5.32 Å². The number of halogens is 1. The van der Waals surface area contributed by atoms with Gasteiger partial charge in [-0.3, -0.25) is 10.1 Å². The first kappa shape index (κ1) is 13.8. The summed E-state index contributed by atoms with van der Waals surface area (Å²) in [4.78, 5) is 10.5. The summed E-state index contributed by atoms with van der Waals surface area (Å²) in [7, 11) is 1.61. The molecule has 0 unspecified atom stereocenters. The van der Waals surface area contributed by atoms with E-state index in [4.69, 9.17) is 4.74 Å². The lowest BCUT2D eigenvalue weighted by molar-refractivity contribution is -0.384. The van der Waals surface area contributed by atoms with Crippen LogP contribution in [0.1, 0.15) is 5.56 Å². The third kappa shape index (κ3) is 3.03. The zero-order valence-corrected chi connectivity index (χ0v) is 10.8. The summed E-state index contributed by atoms with van der Waals surface area (Å²) in [5.74, 6) is -0.346. The SMILES string of the molecule is CNc1ccc(COc2ccccc2F)cc1[N+](=O)[O-]. The maximum absolute atomic E-state index is 13.4. The second-order valence-electron chi connectivity index (χ2n) is 4.08. The summed E-state index contributed by atoms with van der Waals surface area (Å²) in [6, 6.07) is 10.7. The topological polar surface area (TPSA) is 64.4 Å². The fraction of sp³-hybridized carbons (Fsp3) is 0.143. The Hall–Kier alpha value is -2.63. The Morgan fingerprint density at radius 1 is 1.30 bits per heavy atom. The van der Waals surface area contributed by atoms with Crippen LogP contribution in [0, 0.1) is 15.9 Å². The van der Waals surface area contributed by atoms with E-state index in [-0.39, 0.29) is 18.0 Å². The molecule has 0 spiro atoms. The second-order valence-corrected chi connectivity index (χ2v) is 4.08. The fourth-order valence-corrected chi connectivity index (χ4v) is 1.75. The molecule has 0 radical (unpaired) electrons. The Morgan fingerprint density at radius 3 is 2.70 bits per heavy atom. The number of anilines is 1. The molecule has 2 aromatic rings. The number of benzene rings is 2. The molecule has 104 valence electrons. The molecule has 0 aromatic heterocycles. The van der Waals surface area contributed by atoms with E-state index in [1.54, 1.807) is 31.3 Å². The van der Waals surface area contributed by atoms with Gasteiger partial charge < -0.3 is 10.1 Å². The van der Waals surface area contributed by atoms with Gasteiger partial charge in [0.25, 0.3) is 5.69 Å². The molecule has 0 saturated carbocycles. The van der Waals surface area contributed by atoms with Crippen LogP contribution in [-0.2, 0) is 6.61 Å². The summed E-state index contributed by atoms with van der Waals surface area (Å²) < 4.78 is 18.7. The highest BCUT2D eigenvalue weighted by atomic mass is 19.1.